The lowest BCUT2D eigenvalue weighted by Gasteiger charge is -2.29. The molecule has 0 aromatic rings. The fourth-order valence-electron chi connectivity index (χ4n) is 1.27. The first-order chi connectivity index (χ1) is 8.04. The van der Waals surface area contributed by atoms with Crippen molar-refractivity contribution in [3.05, 3.63) is 0 Å². The molecule has 3 unspecified atom stereocenters. The quantitative estimate of drug-likeness (QED) is 0.471. The molecule has 0 rings (SSSR count). The van der Waals surface area contributed by atoms with Crippen LogP contribution in [0.3, 0.4) is 0 Å². The van der Waals surface area contributed by atoms with Crippen molar-refractivity contribution in [3.63, 3.8) is 0 Å². The zero-order chi connectivity index (χ0) is 14.6. The van der Waals surface area contributed by atoms with E-state index in [2.05, 4.69) is 36.4 Å². The summed E-state index contributed by atoms with van der Waals surface area (Å²) in [5.74, 6) is 0.579. The van der Waals surface area contributed by atoms with Crippen LogP contribution in [0.25, 0.3) is 0 Å². The van der Waals surface area contributed by atoms with Gasteiger partial charge in [-0.15, -0.1) is 0 Å². The Morgan fingerprint density at radius 3 is 2.11 bits per heavy atom. The van der Waals surface area contributed by atoms with Gasteiger partial charge in [0.15, 0.2) is 9.84 Å². The number of hydrogen-bond acceptors (Lipinski definition) is 3. The second kappa shape index (κ2) is 7.43. The molecule has 3 nitrogen and oxygen atoms in total. The largest absolute Gasteiger partial charge is 0.377 e. The second-order valence-electron chi connectivity index (χ2n) is 5.66. The van der Waals surface area contributed by atoms with Crippen molar-refractivity contribution in [2.75, 3.05) is 12.4 Å². The van der Waals surface area contributed by atoms with Crippen LogP contribution in [0.15, 0.2) is 0 Å². The maximum atomic E-state index is 12.3. The van der Waals surface area contributed by atoms with E-state index in [4.69, 9.17) is 4.74 Å². The summed E-state index contributed by atoms with van der Waals surface area (Å²) in [6, 6.07) is 0. The van der Waals surface area contributed by atoms with E-state index < -0.39 is 14.6 Å². The van der Waals surface area contributed by atoms with Crippen LogP contribution in [-0.4, -0.2) is 35.6 Å². The van der Waals surface area contributed by atoms with Gasteiger partial charge in [-0.05, 0) is 26.7 Å². The lowest BCUT2D eigenvalue weighted by Crippen LogP contribution is -2.43. The van der Waals surface area contributed by atoms with Gasteiger partial charge in [0.05, 0.1) is 16.6 Å². The summed E-state index contributed by atoms with van der Waals surface area (Å²) in [6.45, 7) is 12.2. The van der Waals surface area contributed by atoms with E-state index in [1.165, 1.54) is 0 Å². The molecule has 5 heteroatoms. The summed E-state index contributed by atoms with van der Waals surface area (Å²) < 4.78 is 29.7. The zero-order valence-corrected chi connectivity index (χ0v) is 15.3. The van der Waals surface area contributed by atoms with Crippen molar-refractivity contribution in [1.29, 1.82) is 0 Å². The minimum Gasteiger partial charge on any atom is -0.377 e. The molecule has 0 aliphatic rings. The second-order valence-corrected chi connectivity index (χ2v) is 10.1. The van der Waals surface area contributed by atoms with E-state index in [-0.39, 0.29) is 15.8 Å². The molecule has 18 heavy (non-hydrogen) atoms. The molecule has 0 saturated heterocycles. The van der Waals surface area contributed by atoms with Gasteiger partial charge in [-0.3, -0.25) is 0 Å². The highest BCUT2D eigenvalue weighted by Gasteiger charge is 2.39. The number of halogens is 1. The Morgan fingerprint density at radius 1 is 1.22 bits per heavy atom. The third-order valence-electron chi connectivity index (χ3n) is 3.58. The Bertz CT molecular complexity index is 336. The van der Waals surface area contributed by atoms with Crippen molar-refractivity contribution in [1.82, 2.24) is 0 Å². The third kappa shape index (κ3) is 5.33. The molecule has 0 bridgehead atoms. The summed E-state index contributed by atoms with van der Waals surface area (Å²) in [6.07, 6.45) is 0.814. The van der Waals surface area contributed by atoms with E-state index in [0.29, 0.717) is 12.5 Å². The van der Waals surface area contributed by atoms with Gasteiger partial charge in [-0.1, -0.05) is 49.8 Å². The Hall–Kier alpha value is 0.640. The molecule has 0 aliphatic heterocycles. The Morgan fingerprint density at radius 2 is 1.72 bits per heavy atom. The van der Waals surface area contributed by atoms with Crippen LogP contribution in [0.2, 0.25) is 0 Å². The van der Waals surface area contributed by atoms with E-state index in [1.807, 2.05) is 13.8 Å². The topological polar surface area (TPSA) is 43.4 Å². The van der Waals surface area contributed by atoms with Crippen molar-refractivity contribution in [2.45, 2.75) is 62.7 Å². The summed E-state index contributed by atoms with van der Waals surface area (Å²) in [7, 11) is -3.15. The van der Waals surface area contributed by atoms with Crippen LogP contribution in [0.4, 0.5) is 0 Å². The molecule has 110 valence electrons. The lowest BCUT2D eigenvalue weighted by molar-refractivity contribution is 0.0560. The molecule has 0 aromatic heterocycles. The highest BCUT2D eigenvalue weighted by Crippen LogP contribution is 2.28. The summed E-state index contributed by atoms with van der Waals surface area (Å²) in [5, 5.41) is 0. The van der Waals surface area contributed by atoms with Gasteiger partial charge in [0.25, 0.3) is 0 Å². The summed E-state index contributed by atoms with van der Waals surface area (Å²) in [4.78, 5) is 0. The number of rotatable bonds is 8. The van der Waals surface area contributed by atoms with Crippen LogP contribution in [0.1, 0.15) is 48.0 Å². The highest BCUT2D eigenvalue weighted by atomic mass is 127. The normalized spacial score (nSPS) is 18.4. The average molecular weight is 390 g/mol. The molecule has 0 aliphatic carbocycles. The number of hydrogen-bond donors (Lipinski definition) is 0. The van der Waals surface area contributed by atoms with Gasteiger partial charge in [-0.2, -0.15) is 0 Å². The van der Waals surface area contributed by atoms with Crippen molar-refractivity contribution >= 4 is 32.4 Å². The molecule has 0 N–H and O–H groups in total. The first-order valence-corrected chi connectivity index (χ1v) is 9.42. The molecular formula is C13H27IO3S. The summed E-state index contributed by atoms with van der Waals surface area (Å²) in [5.41, 5.74) is 0. The van der Waals surface area contributed by atoms with Crippen molar-refractivity contribution in [2.24, 2.45) is 5.92 Å². The fourth-order valence-corrected chi connectivity index (χ4v) is 4.07. The van der Waals surface area contributed by atoms with Gasteiger partial charge >= 0.3 is 0 Å². The van der Waals surface area contributed by atoms with Crippen LogP contribution in [-0.2, 0) is 14.6 Å². The van der Waals surface area contributed by atoms with Gasteiger partial charge in [0.1, 0.15) is 0 Å². The fraction of sp³-hybridized carbons (Fsp3) is 1.00. The van der Waals surface area contributed by atoms with Gasteiger partial charge in [-0.25, -0.2) is 8.42 Å². The molecule has 0 heterocycles. The monoisotopic (exact) mass is 390 g/mol. The SMILES string of the molecule is CCC(C)COC(C)CS(=O)(=O)C(C)(C)C(C)I. The molecular weight excluding hydrogens is 363 g/mol. The molecule has 0 fully saturated rings. The molecule has 0 aromatic carbocycles. The standard InChI is InChI=1S/C13H27IO3S/c1-7-10(2)8-17-11(3)9-18(15,16)13(5,6)12(4)14/h10-12H,7-9H2,1-6H3. The third-order valence-corrected chi connectivity index (χ3v) is 8.42. The lowest BCUT2D eigenvalue weighted by atomic mass is 10.1. The van der Waals surface area contributed by atoms with Crippen LogP contribution >= 0.6 is 22.6 Å². The van der Waals surface area contributed by atoms with E-state index >= 15 is 0 Å². The Balaban J connectivity index is 4.51. The average Bonchev–Trinajstić information content (AvgIpc) is 2.24. The van der Waals surface area contributed by atoms with Crippen LogP contribution < -0.4 is 0 Å². The number of sulfone groups is 1. The number of ether oxygens (including phenoxy) is 1. The minimum absolute atomic E-state index is 0.0712. The number of alkyl halides is 1. The zero-order valence-electron chi connectivity index (χ0n) is 12.4. The Labute approximate surface area is 126 Å². The van der Waals surface area contributed by atoms with E-state index in [9.17, 15) is 8.42 Å². The minimum atomic E-state index is -3.15. The van der Waals surface area contributed by atoms with E-state index in [0.717, 1.165) is 6.42 Å². The van der Waals surface area contributed by atoms with Gasteiger partial charge in [0.2, 0.25) is 0 Å². The van der Waals surface area contributed by atoms with Gasteiger partial charge < -0.3 is 4.74 Å². The van der Waals surface area contributed by atoms with E-state index in [1.54, 1.807) is 13.8 Å². The Kier molecular flexibility index (Phi) is 7.69. The summed E-state index contributed by atoms with van der Waals surface area (Å²) >= 11 is 2.18. The molecule has 0 saturated carbocycles. The first-order valence-electron chi connectivity index (χ1n) is 6.52. The van der Waals surface area contributed by atoms with Crippen molar-refractivity contribution in [3.8, 4) is 0 Å². The first kappa shape index (κ1) is 18.6. The molecule has 0 spiro atoms. The molecule has 0 amide bonds. The molecule has 0 radical (unpaired) electrons. The molecule has 3 atom stereocenters. The smallest absolute Gasteiger partial charge is 0.159 e. The highest BCUT2D eigenvalue weighted by molar-refractivity contribution is 14.1. The van der Waals surface area contributed by atoms with Crippen LogP contribution in [0, 0.1) is 5.92 Å². The maximum Gasteiger partial charge on any atom is 0.159 e. The predicted molar refractivity (Wildman–Crippen MR) is 86.2 cm³/mol. The van der Waals surface area contributed by atoms with Gasteiger partial charge in [0, 0.05) is 10.5 Å². The maximum absolute atomic E-state index is 12.3. The predicted octanol–water partition coefficient (Wildman–Crippen LogP) is 3.45. The van der Waals surface area contributed by atoms with Crippen molar-refractivity contribution < 1.29 is 13.2 Å². The van der Waals surface area contributed by atoms with Crippen LogP contribution in [0.5, 0.6) is 0 Å².